The van der Waals surface area contributed by atoms with Gasteiger partial charge >= 0.3 is 0 Å². The molecule has 0 aromatic heterocycles. The Kier molecular flexibility index (Phi) is 5.63. The van der Waals surface area contributed by atoms with E-state index < -0.39 is 0 Å². The molecular formula is C15H24FN. The molecule has 0 heterocycles. The Hall–Kier alpha value is -0.890. The van der Waals surface area contributed by atoms with Crippen LogP contribution in [0.3, 0.4) is 0 Å². The number of rotatable bonds is 7. The van der Waals surface area contributed by atoms with Crippen LogP contribution in [0, 0.1) is 5.82 Å². The topological polar surface area (TPSA) is 26.0 Å². The number of benzene rings is 1. The van der Waals surface area contributed by atoms with Crippen molar-refractivity contribution in [2.24, 2.45) is 5.73 Å². The number of hydrogen-bond donors (Lipinski definition) is 1. The first-order valence-corrected chi connectivity index (χ1v) is 6.57. The van der Waals surface area contributed by atoms with Crippen molar-refractivity contribution in [2.75, 3.05) is 0 Å². The summed E-state index contributed by atoms with van der Waals surface area (Å²) in [5, 5.41) is 0. The molecule has 2 heteroatoms. The summed E-state index contributed by atoms with van der Waals surface area (Å²) >= 11 is 0. The van der Waals surface area contributed by atoms with Gasteiger partial charge in [0.15, 0.2) is 0 Å². The molecule has 17 heavy (non-hydrogen) atoms. The lowest BCUT2D eigenvalue weighted by Crippen LogP contribution is -2.38. The molecule has 1 rings (SSSR count). The number of nitrogens with two attached hydrogens (primary N) is 1. The molecule has 1 atom stereocenters. The summed E-state index contributed by atoms with van der Waals surface area (Å²) in [6, 6.07) is 6.91. The van der Waals surface area contributed by atoms with Crippen molar-refractivity contribution in [3.05, 3.63) is 35.6 Å². The normalized spacial score (nSPS) is 14.6. The van der Waals surface area contributed by atoms with E-state index in [4.69, 9.17) is 5.73 Å². The molecule has 0 spiro atoms. The molecule has 0 aliphatic rings. The molecule has 0 aliphatic carbocycles. The van der Waals surface area contributed by atoms with E-state index in [0.717, 1.165) is 18.4 Å². The fraction of sp³-hybridized carbons (Fsp3) is 0.600. The molecule has 0 aliphatic heterocycles. The largest absolute Gasteiger partial charge is 0.325 e. The Balaban J connectivity index is 2.46. The quantitative estimate of drug-likeness (QED) is 0.711. The summed E-state index contributed by atoms with van der Waals surface area (Å²) in [5.74, 6) is -0.141. The first kappa shape index (κ1) is 14.2. The summed E-state index contributed by atoms with van der Waals surface area (Å²) in [7, 11) is 0. The molecule has 96 valence electrons. The molecule has 0 bridgehead atoms. The first-order valence-electron chi connectivity index (χ1n) is 6.57. The summed E-state index contributed by atoms with van der Waals surface area (Å²) in [5.41, 5.74) is 6.67. The minimum absolute atomic E-state index is 0.141. The van der Waals surface area contributed by atoms with Gasteiger partial charge in [0, 0.05) is 5.54 Å². The van der Waals surface area contributed by atoms with Gasteiger partial charge < -0.3 is 5.73 Å². The van der Waals surface area contributed by atoms with Gasteiger partial charge in [-0.15, -0.1) is 0 Å². The minimum atomic E-state index is -0.296. The van der Waals surface area contributed by atoms with E-state index in [1.807, 2.05) is 19.1 Å². The minimum Gasteiger partial charge on any atom is -0.325 e. The van der Waals surface area contributed by atoms with Gasteiger partial charge in [-0.3, -0.25) is 0 Å². The highest BCUT2D eigenvalue weighted by Gasteiger charge is 2.19. The second-order valence-corrected chi connectivity index (χ2v) is 5.23. The van der Waals surface area contributed by atoms with Crippen LogP contribution in [0.1, 0.15) is 51.5 Å². The zero-order valence-corrected chi connectivity index (χ0v) is 11.0. The molecule has 0 radical (unpaired) electrons. The Morgan fingerprint density at radius 1 is 1.18 bits per heavy atom. The Labute approximate surface area is 104 Å². The van der Waals surface area contributed by atoms with Crippen molar-refractivity contribution in [1.82, 2.24) is 0 Å². The van der Waals surface area contributed by atoms with E-state index in [1.54, 1.807) is 6.07 Å². The summed E-state index contributed by atoms with van der Waals surface area (Å²) in [6.07, 6.45) is 6.42. The highest BCUT2D eigenvalue weighted by molar-refractivity contribution is 5.19. The van der Waals surface area contributed by atoms with Gasteiger partial charge in [-0.2, -0.15) is 0 Å². The second-order valence-electron chi connectivity index (χ2n) is 5.23. The molecule has 0 amide bonds. The molecule has 0 saturated heterocycles. The molecule has 2 N–H and O–H groups in total. The summed E-state index contributed by atoms with van der Waals surface area (Å²) in [4.78, 5) is 0. The van der Waals surface area contributed by atoms with Gasteiger partial charge in [0.2, 0.25) is 0 Å². The third-order valence-corrected chi connectivity index (χ3v) is 3.15. The van der Waals surface area contributed by atoms with Crippen molar-refractivity contribution in [3.8, 4) is 0 Å². The molecule has 1 unspecified atom stereocenters. The first-order chi connectivity index (χ1) is 8.05. The average Bonchev–Trinajstić information content (AvgIpc) is 2.28. The van der Waals surface area contributed by atoms with Crippen molar-refractivity contribution in [1.29, 1.82) is 0 Å². The molecule has 0 saturated carbocycles. The lowest BCUT2D eigenvalue weighted by Gasteiger charge is -2.25. The fourth-order valence-electron chi connectivity index (χ4n) is 2.12. The maximum atomic E-state index is 13.5. The van der Waals surface area contributed by atoms with Gasteiger partial charge in [0.1, 0.15) is 5.82 Å². The molecule has 1 nitrogen and oxygen atoms in total. The van der Waals surface area contributed by atoms with Gasteiger partial charge in [0.25, 0.3) is 0 Å². The summed E-state index contributed by atoms with van der Waals surface area (Å²) < 4.78 is 13.5. The van der Waals surface area contributed by atoms with Crippen LogP contribution in [0.4, 0.5) is 4.39 Å². The maximum absolute atomic E-state index is 13.5. The van der Waals surface area contributed by atoms with E-state index >= 15 is 0 Å². The van der Waals surface area contributed by atoms with Gasteiger partial charge in [-0.05, 0) is 31.4 Å². The fourth-order valence-corrected chi connectivity index (χ4v) is 2.12. The van der Waals surface area contributed by atoms with Crippen LogP contribution in [0.2, 0.25) is 0 Å². The molecule has 0 fully saturated rings. The molecular weight excluding hydrogens is 213 g/mol. The van der Waals surface area contributed by atoms with E-state index in [9.17, 15) is 4.39 Å². The highest BCUT2D eigenvalue weighted by atomic mass is 19.1. The van der Waals surface area contributed by atoms with Crippen molar-refractivity contribution in [3.63, 3.8) is 0 Å². The Morgan fingerprint density at radius 2 is 1.88 bits per heavy atom. The lowest BCUT2D eigenvalue weighted by molar-refractivity contribution is 0.399. The zero-order valence-electron chi connectivity index (χ0n) is 11.0. The predicted octanol–water partition coefficient (Wildman–Crippen LogP) is 4.06. The summed E-state index contributed by atoms with van der Waals surface area (Å²) in [6.45, 7) is 4.21. The van der Waals surface area contributed by atoms with Crippen LogP contribution in [-0.2, 0) is 6.42 Å². The maximum Gasteiger partial charge on any atom is 0.126 e. The average molecular weight is 237 g/mol. The monoisotopic (exact) mass is 237 g/mol. The van der Waals surface area contributed by atoms with E-state index in [0.29, 0.717) is 6.42 Å². The van der Waals surface area contributed by atoms with Crippen LogP contribution in [0.5, 0.6) is 0 Å². The van der Waals surface area contributed by atoms with E-state index in [2.05, 4.69) is 6.92 Å². The Bertz CT molecular complexity index is 333. The Morgan fingerprint density at radius 3 is 2.53 bits per heavy atom. The third kappa shape index (κ3) is 5.31. The van der Waals surface area contributed by atoms with Crippen LogP contribution >= 0.6 is 0 Å². The van der Waals surface area contributed by atoms with Crippen molar-refractivity contribution >= 4 is 0 Å². The van der Waals surface area contributed by atoms with Crippen LogP contribution in [0.25, 0.3) is 0 Å². The van der Waals surface area contributed by atoms with Gasteiger partial charge in [0.05, 0.1) is 0 Å². The van der Waals surface area contributed by atoms with E-state index in [-0.39, 0.29) is 11.4 Å². The number of halogens is 1. The van der Waals surface area contributed by atoms with Gasteiger partial charge in [-0.1, -0.05) is 50.8 Å². The van der Waals surface area contributed by atoms with Crippen LogP contribution in [0.15, 0.2) is 24.3 Å². The van der Waals surface area contributed by atoms with Crippen molar-refractivity contribution < 1.29 is 4.39 Å². The van der Waals surface area contributed by atoms with Crippen LogP contribution in [-0.4, -0.2) is 5.54 Å². The third-order valence-electron chi connectivity index (χ3n) is 3.15. The zero-order chi connectivity index (χ0) is 12.7. The molecule has 1 aromatic rings. The molecule has 1 aromatic carbocycles. The van der Waals surface area contributed by atoms with E-state index in [1.165, 1.54) is 25.3 Å². The number of unbranched alkanes of at least 4 members (excludes halogenated alkanes) is 3. The van der Waals surface area contributed by atoms with Crippen molar-refractivity contribution in [2.45, 2.75) is 57.9 Å². The SMILES string of the molecule is CCCCCCC(C)(N)Cc1ccccc1F. The van der Waals surface area contributed by atoms with Crippen LogP contribution < -0.4 is 5.73 Å². The smallest absolute Gasteiger partial charge is 0.126 e. The predicted molar refractivity (Wildman–Crippen MR) is 71.5 cm³/mol. The highest BCUT2D eigenvalue weighted by Crippen LogP contribution is 2.19. The standard InChI is InChI=1S/C15H24FN/c1-3-4-5-8-11-15(2,17)12-13-9-6-7-10-14(13)16/h6-7,9-10H,3-5,8,11-12,17H2,1-2H3. The second kappa shape index (κ2) is 6.75. The number of hydrogen-bond acceptors (Lipinski definition) is 1. The van der Waals surface area contributed by atoms with Gasteiger partial charge in [-0.25, -0.2) is 4.39 Å². The lowest BCUT2D eigenvalue weighted by atomic mass is 9.88.